The Morgan fingerprint density at radius 2 is 0.373 bits per heavy atom. The monoisotopic (exact) mass is 860 g/mol. The molecule has 6 rings (SSSR count). The molecule has 0 aliphatic heterocycles. The van der Waals surface area contributed by atoms with E-state index in [1.807, 2.05) is 109 Å². The van der Waals surface area contributed by atoms with Gasteiger partial charge in [0.05, 0.1) is 34.2 Å². The van der Waals surface area contributed by atoms with Gasteiger partial charge in [-0.05, 0) is 72.8 Å². The van der Waals surface area contributed by atoms with Crippen molar-refractivity contribution < 1.29 is 69.8 Å². The van der Waals surface area contributed by atoms with Gasteiger partial charge in [0.25, 0.3) is 0 Å². The van der Waals surface area contributed by atoms with Gasteiger partial charge >= 0.3 is 85.5 Å². The van der Waals surface area contributed by atoms with Crippen molar-refractivity contribution in [2.75, 3.05) is 0 Å². The molecular weight excluding hydrogens is 835 g/mol. The van der Waals surface area contributed by atoms with E-state index in [2.05, 4.69) is 29.9 Å². The van der Waals surface area contributed by atoms with Crippen LogP contribution in [0.15, 0.2) is 146 Å². The average molecular weight is 860 g/mol. The Balaban J connectivity index is 0.000000325. The van der Waals surface area contributed by atoms with Crippen molar-refractivity contribution in [1.29, 1.82) is 0 Å². The van der Waals surface area contributed by atoms with Crippen LogP contribution in [0.2, 0.25) is 0 Å². The van der Waals surface area contributed by atoms with Crippen molar-refractivity contribution in [3.8, 4) is 34.2 Å². The quantitative estimate of drug-likeness (QED) is 0.100. The van der Waals surface area contributed by atoms with E-state index in [0.29, 0.717) is 0 Å². The van der Waals surface area contributed by atoms with Gasteiger partial charge < -0.3 is 0 Å². The normalized spacial score (nSPS) is 13.2. The minimum atomic E-state index is -10.7. The van der Waals surface area contributed by atoms with Crippen LogP contribution in [0.4, 0.5) is 50.4 Å². The summed E-state index contributed by atoms with van der Waals surface area (Å²) in [5.41, 5.74) is 5.49. The third-order valence-electron chi connectivity index (χ3n) is 4.78. The number of pyridine rings is 6. The largest absolute Gasteiger partial charge is 2.00 e. The van der Waals surface area contributed by atoms with Crippen molar-refractivity contribution in [3.63, 3.8) is 0 Å². The fourth-order valence-electron chi connectivity index (χ4n) is 3.09. The maximum atomic E-state index is 9.87. The summed E-state index contributed by atoms with van der Waals surface area (Å²) in [6, 6.07) is 34.8. The van der Waals surface area contributed by atoms with Gasteiger partial charge in [-0.3, -0.25) is 29.9 Å². The van der Waals surface area contributed by atoms with E-state index in [1.165, 1.54) is 0 Å². The number of rotatable bonds is 3. The van der Waals surface area contributed by atoms with E-state index < -0.39 is 15.6 Å². The van der Waals surface area contributed by atoms with Crippen molar-refractivity contribution in [2.45, 2.75) is 0 Å². The minimum absolute atomic E-state index is 0. The summed E-state index contributed by atoms with van der Waals surface area (Å²) in [5, 5.41) is 0. The van der Waals surface area contributed by atoms with E-state index in [-0.39, 0.29) is 19.5 Å². The molecule has 21 heteroatoms. The SMILES string of the molecule is F[P-](F)(F)(F)(F)F.F[P-](F)(F)(F)(F)F.[Ru+2].c1ccc(-c2ccccn2)nc1.c1ccc(-c2ccccn2)nc1.c1ccc(-c2ccccn2)nc1. The third-order valence-corrected chi connectivity index (χ3v) is 4.78. The molecule has 0 aliphatic rings. The van der Waals surface area contributed by atoms with Crippen LogP contribution in [-0.2, 0) is 19.5 Å². The van der Waals surface area contributed by atoms with Crippen molar-refractivity contribution in [3.05, 3.63) is 146 Å². The van der Waals surface area contributed by atoms with Gasteiger partial charge in [-0.1, -0.05) is 36.4 Å². The molecule has 0 aliphatic carbocycles. The zero-order valence-electron chi connectivity index (χ0n) is 25.3. The Morgan fingerprint density at radius 1 is 0.255 bits per heavy atom. The second-order valence-corrected chi connectivity index (χ2v) is 13.0. The molecule has 0 saturated carbocycles. The molecule has 0 saturated heterocycles. The maximum absolute atomic E-state index is 10.7. The minimum Gasteiger partial charge on any atom is -0.255 e. The van der Waals surface area contributed by atoms with E-state index >= 15 is 0 Å². The zero-order chi connectivity index (χ0) is 37.5. The Morgan fingerprint density at radius 3 is 0.451 bits per heavy atom. The summed E-state index contributed by atoms with van der Waals surface area (Å²) in [5.74, 6) is 0. The average Bonchev–Trinajstić information content (AvgIpc) is 3.05. The summed E-state index contributed by atoms with van der Waals surface area (Å²) in [6.45, 7) is 0. The van der Waals surface area contributed by atoms with Crippen LogP contribution in [-0.4, -0.2) is 29.9 Å². The number of nitrogens with zero attached hydrogens (tertiary/aromatic N) is 6. The molecule has 0 fully saturated rings. The zero-order valence-corrected chi connectivity index (χ0v) is 28.9. The van der Waals surface area contributed by atoms with Crippen LogP contribution >= 0.6 is 15.6 Å². The first-order valence-corrected chi connectivity index (χ1v) is 17.5. The first-order valence-electron chi connectivity index (χ1n) is 13.4. The molecule has 0 spiro atoms. The first-order chi connectivity index (χ1) is 22.8. The van der Waals surface area contributed by atoms with Gasteiger partial charge in [0.1, 0.15) is 0 Å². The van der Waals surface area contributed by atoms with Crippen LogP contribution in [0.3, 0.4) is 0 Å². The Labute approximate surface area is 295 Å². The Hall–Kier alpha value is -4.46. The molecule has 51 heavy (non-hydrogen) atoms. The number of aromatic nitrogens is 6. The second kappa shape index (κ2) is 16.7. The molecule has 0 N–H and O–H groups in total. The molecule has 6 aromatic heterocycles. The number of hydrogen-bond acceptors (Lipinski definition) is 6. The first kappa shape index (κ1) is 44.6. The van der Waals surface area contributed by atoms with E-state index in [9.17, 15) is 50.4 Å². The fraction of sp³-hybridized carbons (Fsp3) is 0. The molecule has 0 amide bonds. The van der Waals surface area contributed by atoms with Crippen LogP contribution in [0.5, 0.6) is 0 Å². The molecular formula is C30H24F12N6P2Ru. The molecule has 6 nitrogen and oxygen atoms in total. The van der Waals surface area contributed by atoms with Gasteiger partial charge in [0.15, 0.2) is 0 Å². The Kier molecular flexibility index (Phi) is 14.6. The van der Waals surface area contributed by atoms with Gasteiger partial charge in [-0.15, -0.1) is 0 Å². The van der Waals surface area contributed by atoms with Crippen molar-refractivity contribution in [2.24, 2.45) is 0 Å². The molecule has 6 heterocycles. The molecule has 0 bridgehead atoms. The summed E-state index contributed by atoms with van der Waals surface area (Å²) >= 11 is 0. The third kappa shape index (κ3) is 28.0. The molecule has 6 aromatic rings. The van der Waals surface area contributed by atoms with Crippen LogP contribution in [0.1, 0.15) is 0 Å². The summed E-state index contributed by atoms with van der Waals surface area (Å²) in [6.07, 6.45) is 10.6. The smallest absolute Gasteiger partial charge is 0.255 e. The van der Waals surface area contributed by atoms with Gasteiger partial charge in [0.2, 0.25) is 0 Å². The van der Waals surface area contributed by atoms with Crippen LogP contribution < -0.4 is 0 Å². The van der Waals surface area contributed by atoms with Crippen LogP contribution in [0.25, 0.3) is 34.2 Å². The van der Waals surface area contributed by atoms with Gasteiger partial charge in [0, 0.05) is 37.2 Å². The molecule has 0 unspecified atom stereocenters. The van der Waals surface area contributed by atoms with Crippen LogP contribution in [0, 0.1) is 0 Å². The Bertz CT molecular complexity index is 1510. The van der Waals surface area contributed by atoms with E-state index in [0.717, 1.165) is 34.2 Å². The number of halogens is 12. The van der Waals surface area contributed by atoms with Crippen molar-refractivity contribution >= 4 is 15.6 Å². The fourth-order valence-corrected chi connectivity index (χ4v) is 3.09. The molecule has 0 radical (unpaired) electrons. The van der Waals surface area contributed by atoms with Crippen molar-refractivity contribution in [1.82, 2.24) is 29.9 Å². The standard InChI is InChI=1S/3C10H8N2.2F6P.Ru/c3*1-3-7-11-9(5-1)10-6-2-4-8-12-10;2*1-7(2,3,4,5)6;/h3*1-8H;;;/q;;;2*-1;+2. The number of hydrogen-bond donors (Lipinski definition) is 0. The van der Waals surface area contributed by atoms with E-state index in [1.54, 1.807) is 37.2 Å². The summed E-state index contributed by atoms with van der Waals surface area (Å²) in [7, 11) is -21.3. The second-order valence-electron chi connectivity index (χ2n) is 9.21. The predicted octanol–water partition coefficient (Wildman–Crippen LogP) is 13.2. The molecule has 276 valence electrons. The van der Waals surface area contributed by atoms with E-state index in [4.69, 9.17) is 0 Å². The summed E-state index contributed by atoms with van der Waals surface area (Å²) in [4.78, 5) is 25.1. The molecule has 0 aromatic carbocycles. The summed E-state index contributed by atoms with van der Waals surface area (Å²) < 4.78 is 118. The topological polar surface area (TPSA) is 77.3 Å². The van der Waals surface area contributed by atoms with Gasteiger partial charge in [-0.25, -0.2) is 0 Å². The predicted molar refractivity (Wildman–Crippen MR) is 170 cm³/mol. The van der Waals surface area contributed by atoms with Gasteiger partial charge in [-0.2, -0.15) is 0 Å². The molecule has 0 atom stereocenters. The maximum Gasteiger partial charge on any atom is 2.00 e.